The summed E-state index contributed by atoms with van der Waals surface area (Å²) in [6.45, 7) is 6.59. The van der Waals surface area contributed by atoms with Crippen molar-refractivity contribution in [3.63, 3.8) is 0 Å². The van der Waals surface area contributed by atoms with Crippen LogP contribution >= 0.6 is 11.3 Å². The summed E-state index contributed by atoms with van der Waals surface area (Å²) in [6.07, 6.45) is 0.260. The van der Waals surface area contributed by atoms with E-state index in [1.807, 2.05) is 13.8 Å². The minimum Gasteiger partial charge on any atom is -0.351 e. The first-order valence-electron chi connectivity index (χ1n) is 6.92. The normalized spacial score (nSPS) is 13.4. The fourth-order valence-electron chi connectivity index (χ4n) is 1.83. The van der Waals surface area contributed by atoms with Crippen LogP contribution in [0.25, 0.3) is 0 Å². The number of thiophene rings is 1. The zero-order valence-electron chi connectivity index (χ0n) is 12.6. The Morgan fingerprint density at radius 2 is 2.00 bits per heavy atom. The first-order chi connectivity index (χ1) is 9.81. The van der Waals surface area contributed by atoms with Gasteiger partial charge in [-0.05, 0) is 19.1 Å². The van der Waals surface area contributed by atoms with E-state index in [9.17, 15) is 13.2 Å². The molecule has 1 atom stereocenters. The molecule has 6 nitrogen and oxygen atoms in total. The summed E-state index contributed by atoms with van der Waals surface area (Å²) in [5, 5.41) is 2.74. The minimum atomic E-state index is -3.42. The molecule has 0 aliphatic rings. The molecule has 1 rings (SSSR count). The molecule has 0 aromatic carbocycles. The topological polar surface area (TPSA) is 92.5 Å². The van der Waals surface area contributed by atoms with Crippen LogP contribution in [0.1, 0.15) is 32.1 Å². The molecule has 21 heavy (non-hydrogen) atoms. The number of carbonyl (C=O) groups is 1. The highest BCUT2D eigenvalue weighted by molar-refractivity contribution is 7.91. The molecule has 1 aromatic rings. The summed E-state index contributed by atoms with van der Waals surface area (Å²) < 4.78 is 26.4. The highest BCUT2D eigenvalue weighted by Crippen LogP contribution is 2.24. The lowest BCUT2D eigenvalue weighted by Crippen LogP contribution is -2.30. The van der Waals surface area contributed by atoms with Crippen molar-refractivity contribution < 1.29 is 13.2 Å². The second-order valence-electron chi connectivity index (χ2n) is 4.77. The number of nitrogens with one attached hydrogen (secondary N) is 1. The maximum atomic E-state index is 12.3. The fourth-order valence-corrected chi connectivity index (χ4v) is 4.74. The molecule has 0 radical (unpaired) electrons. The number of sulfonamides is 1. The molecule has 1 aromatic heterocycles. The summed E-state index contributed by atoms with van der Waals surface area (Å²) >= 11 is 1.18. The number of nitrogens with two attached hydrogens (primary N) is 1. The van der Waals surface area contributed by atoms with Gasteiger partial charge < -0.3 is 11.1 Å². The fraction of sp³-hybridized carbons (Fsp3) is 0.615. The number of carbonyl (C=O) groups excluding carboxylic acids is 1. The predicted molar refractivity (Wildman–Crippen MR) is 84.5 cm³/mol. The third kappa shape index (κ3) is 5.06. The van der Waals surface area contributed by atoms with Crippen molar-refractivity contribution in [1.82, 2.24) is 9.62 Å². The van der Waals surface area contributed by atoms with E-state index >= 15 is 0 Å². The molecule has 1 heterocycles. The zero-order valence-corrected chi connectivity index (χ0v) is 14.3. The van der Waals surface area contributed by atoms with E-state index in [1.165, 1.54) is 15.6 Å². The van der Waals surface area contributed by atoms with E-state index < -0.39 is 10.0 Å². The highest BCUT2D eigenvalue weighted by Gasteiger charge is 2.23. The van der Waals surface area contributed by atoms with Crippen molar-refractivity contribution in [2.45, 2.75) is 44.0 Å². The minimum absolute atomic E-state index is 0.133. The Bertz CT molecular complexity index is 563. The number of amides is 1. The van der Waals surface area contributed by atoms with Crippen LogP contribution in [0.2, 0.25) is 0 Å². The molecular formula is C13H23N3O3S2. The maximum absolute atomic E-state index is 12.3. The van der Waals surface area contributed by atoms with Crippen molar-refractivity contribution in [2.75, 3.05) is 13.1 Å². The van der Waals surface area contributed by atoms with Gasteiger partial charge >= 0.3 is 0 Å². The molecule has 3 N–H and O–H groups in total. The molecule has 0 saturated heterocycles. The van der Waals surface area contributed by atoms with Crippen LogP contribution in [0.15, 0.2) is 16.3 Å². The summed E-state index contributed by atoms with van der Waals surface area (Å²) in [4.78, 5) is 12.3. The van der Waals surface area contributed by atoms with Gasteiger partial charge in [0.05, 0.1) is 6.54 Å². The zero-order chi connectivity index (χ0) is 16.0. The van der Waals surface area contributed by atoms with Crippen LogP contribution in [0, 0.1) is 0 Å². The smallest absolute Gasteiger partial charge is 0.252 e. The number of hydrogen-bond acceptors (Lipinski definition) is 5. The Kier molecular flexibility index (Phi) is 6.79. The van der Waals surface area contributed by atoms with E-state index in [2.05, 4.69) is 5.32 Å². The van der Waals surface area contributed by atoms with Crippen LogP contribution in [0.4, 0.5) is 0 Å². The summed E-state index contributed by atoms with van der Waals surface area (Å²) in [5.74, 6) is -0.133. The van der Waals surface area contributed by atoms with Gasteiger partial charge in [0.1, 0.15) is 4.21 Å². The van der Waals surface area contributed by atoms with Crippen LogP contribution in [-0.4, -0.2) is 37.8 Å². The van der Waals surface area contributed by atoms with Crippen LogP contribution in [0.3, 0.4) is 0 Å². The van der Waals surface area contributed by atoms with Crippen molar-refractivity contribution in [3.05, 3.63) is 17.0 Å². The summed E-state index contributed by atoms with van der Waals surface area (Å²) in [6, 6.07) is 3.13. The average Bonchev–Trinajstić information content (AvgIpc) is 2.86. The second kappa shape index (κ2) is 7.88. The Labute approximate surface area is 130 Å². The monoisotopic (exact) mass is 333 g/mol. The Morgan fingerprint density at radius 3 is 2.52 bits per heavy atom. The standard InChI is InChI=1S/C13H23N3O3S2/c1-4-16(5-2)21(18,19)13-7-6-11(20-13)9-15-12(17)8-10(3)14/h6-7,10H,4-5,8-9,14H2,1-3H3,(H,15,17). The molecule has 0 aliphatic heterocycles. The SMILES string of the molecule is CCN(CC)S(=O)(=O)c1ccc(CNC(=O)CC(C)N)s1. The Balaban J connectivity index is 2.71. The van der Waals surface area contributed by atoms with Crippen LogP contribution < -0.4 is 11.1 Å². The summed E-state index contributed by atoms with van der Waals surface area (Å²) in [5.41, 5.74) is 5.54. The third-order valence-corrected chi connectivity index (χ3v) is 6.51. The van der Waals surface area contributed by atoms with Crippen molar-refractivity contribution >= 4 is 27.3 Å². The lowest BCUT2D eigenvalue weighted by Gasteiger charge is -2.16. The molecule has 0 fully saturated rings. The molecule has 0 aliphatic carbocycles. The number of hydrogen-bond donors (Lipinski definition) is 2. The van der Waals surface area contributed by atoms with Gasteiger partial charge in [0.25, 0.3) is 10.0 Å². The van der Waals surface area contributed by atoms with Gasteiger partial charge in [-0.15, -0.1) is 11.3 Å². The predicted octanol–water partition coefficient (Wildman–Crippen LogP) is 1.13. The maximum Gasteiger partial charge on any atom is 0.252 e. The highest BCUT2D eigenvalue weighted by atomic mass is 32.2. The van der Waals surface area contributed by atoms with Gasteiger partial charge in [0.15, 0.2) is 0 Å². The summed E-state index contributed by atoms with van der Waals surface area (Å²) in [7, 11) is -3.42. The molecule has 0 spiro atoms. The van der Waals surface area contributed by atoms with E-state index in [4.69, 9.17) is 5.73 Å². The van der Waals surface area contributed by atoms with Gasteiger partial charge in [0.2, 0.25) is 5.91 Å². The number of nitrogens with zero attached hydrogens (tertiary/aromatic N) is 1. The molecule has 120 valence electrons. The molecule has 0 saturated carbocycles. The molecule has 0 bridgehead atoms. The molecule has 8 heteroatoms. The van der Waals surface area contributed by atoms with Crippen molar-refractivity contribution in [3.8, 4) is 0 Å². The van der Waals surface area contributed by atoms with Gasteiger partial charge in [-0.1, -0.05) is 13.8 Å². The van der Waals surface area contributed by atoms with E-state index in [1.54, 1.807) is 19.1 Å². The van der Waals surface area contributed by atoms with E-state index in [0.717, 1.165) is 4.88 Å². The average molecular weight is 333 g/mol. The Hall–Kier alpha value is -0.960. The second-order valence-corrected chi connectivity index (χ2v) is 8.10. The first-order valence-corrected chi connectivity index (χ1v) is 9.18. The van der Waals surface area contributed by atoms with Crippen LogP contribution in [0.5, 0.6) is 0 Å². The van der Waals surface area contributed by atoms with Crippen molar-refractivity contribution in [1.29, 1.82) is 0 Å². The van der Waals surface area contributed by atoms with Gasteiger partial charge in [-0.3, -0.25) is 4.79 Å². The number of rotatable bonds is 8. The molecular weight excluding hydrogens is 310 g/mol. The lowest BCUT2D eigenvalue weighted by molar-refractivity contribution is -0.121. The lowest BCUT2D eigenvalue weighted by atomic mass is 10.2. The van der Waals surface area contributed by atoms with E-state index in [-0.39, 0.29) is 18.4 Å². The van der Waals surface area contributed by atoms with E-state index in [0.29, 0.717) is 23.8 Å². The largest absolute Gasteiger partial charge is 0.351 e. The van der Waals surface area contributed by atoms with Gasteiger partial charge in [0, 0.05) is 30.4 Å². The van der Waals surface area contributed by atoms with Crippen molar-refractivity contribution in [2.24, 2.45) is 5.73 Å². The van der Waals surface area contributed by atoms with Crippen LogP contribution in [-0.2, 0) is 21.4 Å². The molecule has 1 amide bonds. The quantitative estimate of drug-likeness (QED) is 0.746. The third-order valence-electron chi connectivity index (χ3n) is 2.90. The molecule has 1 unspecified atom stereocenters. The first kappa shape index (κ1) is 18.1. The van der Waals surface area contributed by atoms with Gasteiger partial charge in [-0.25, -0.2) is 8.42 Å². The Morgan fingerprint density at radius 1 is 1.38 bits per heavy atom. The van der Waals surface area contributed by atoms with Gasteiger partial charge in [-0.2, -0.15) is 4.31 Å².